The maximum absolute atomic E-state index is 13.3. The second-order valence-electron chi connectivity index (χ2n) is 22.2. The summed E-state index contributed by atoms with van der Waals surface area (Å²) in [4.78, 5) is 26.4. The molecule has 0 radical (unpaired) electrons. The van der Waals surface area contributed by atoms with Gasteiger partial charge in [0, 0.05) is 6.42 Å². The molecule has 0 aliphatic heterocycles. The average Bonchev–Trinajstić information content (AvgIpc) is 3.36. The predicted octanol–water partition coefficient (Wildman–Crippen LogP) is 20.2. The lowest BCUT2D eigenvalue weighted by Gasteiger charge is -2.24. The van der Waals surface area contributed by atoms with Crippen LogP contribution in [0.5, 0.6) is 0 Å². The van der Waals surface area contributed by atoms with Crippen molar-refractivity contribution in [1.29, 1.82) is 0 Å². The lowest BCUT2D eigenvalue weighted by Crippen LogP contribution is -2.46. The molecular weight excluding hydrogens is 875 g/mol. The molecule has 0 saturated heterocycles. The van der Waals surface area contributed by atoms with Crippen molar-refractivity contribution < 1.29 is 24.5 Å². The highest BCUT2D eigenvalue weighted by molar-refractivity contribution is 5.77. The summed E-state index contributed by atoms with van der Waals surface area (Å²) in [5.41, 5.74) is 0. The van der Waals surface area contributed by atoms with Crippen LogP contribution in [0.1, 0.15) is 355 Å². The standard InChI is InChI=1S/C65H125NO5/c1-4-7-10-13-16-19-22-25-28-31-32-34-37-40-43-46-49-52-55-58-65(70)71-61(56-53-50-47-44-41-38-35-30-27-24-21-18-15-12-9-6-3)59-64(69)66-62(60-67)63(68)57-54-51-48-45-42-39-36-33-29-26-23-20-17-14-11-8-5-2/h30,35,38,41,61-63,67-68H,4-29,31-34,36-37,39-40,42-60H2,1-3H3,(H,66,69)/b35-30+,41-38+. The van der Waals surface area contributed by atoms with E-state index in [1.165, 1.54) is 244 Å². The molecule has 3 atom stereocenters. The van der Waals surface area contributed by atoms with Crippen LogP contribution in [0, 0.1) is 0 Å². The van der Waals surface area contributed by atoms with E-state index in [2.05, 4.69) is 50.4 Å². The summed E-state index contributed by atoms with van der Waals surface area (Å²) < 4.78 is 5.98. The molecule has 0 rings (SSSR count). The molecule has 0 saturated carbocycles. The highest BCUT2D eigenvalue weighted by Gasteiger charge is 2.24. The maximum Gasteiger partial charge on any atom is 0.306 e. The van der Waals surface area contributed by atoms with Gasteiger partial charge in [0.05, 0.1) is 25.2 Å². The Kier molecular flexibility index (Phi) is 57.8. The van der Waals surface area contributed by atoms with Crippen LogP contribution in [0.3, 0.4) is 0 Å². The Balaban J connectivity index is 4.51. The fourth-order valence-corrected chi connectivity index (χ4v) is 10.2. The summed E-state index contributed by atoms with van der Waals surface area (Å²) in [6.07, 6.45) is 71.2. The van der Waals surface area contributed by atoms with Crippen molar-refractivity contribution in [2.24, 2.45) is 0 Å². The maximum atomic E-state index is 13.3. The van der Waals surface area contributed by atoms with Gasteiger partial charge in [0.15, 0.2) is 0 Å². The van der Waals surface area contributed by atoms with Crippen molar-refractivity contribution in [3.63, 3.8) is 0 Å². The molecule has 0 spiro atoms. The molecule has 0 aliphatic rings. The Morgan fingerprint density at radius 3 is 1.06 bits per heavy atom. The Morgan fingerprint density at radius 2 is 0.704 bits per heavy atom. The molecule has 0 fully saturated rings. The van der Waals surface area contributed by atoms with Crippen molar-refractivity contribution in [2.45, 2.75) is 373 Å². The van der Waals surface area contributed by atoms with E-state index in [1.807, 2.05) is 0 Å². The van der Waals surface area contributed by atoms with Crippen molar-refractivity contribution in [3.05, 3.63) is 24.3 Å². The van der Waals surface area contributed by atoms with Crippen LogP contribution in [-0.4, -0.2) is 46.9 Å². The van der Waals surface area contributed by atoms with Gasteiger partial charge < -0.3 is 20.3 Å². The molecule has 0 bridgehead atoms. The number of ether oxygens (including phenoxy) is 1. The molecule has 0 aliphatic carbocycles. The van der Waals surface area contributed by atoms with E-state index in [9.17, 15) is 19.8 Å². The predicted molar refractivity (Wildman–Crippen MR) is 310 cm³/mol. The van der Waals surface area contributed by atoms with Crippen LogP contribution < -0.4 is 5.32 Å². The fourth-order valence-electron chi connectivity index (χ4n) is 10.2. The minimum absolute atomic E-state index is 0.0662. The van der Waals surface area contributed by atoms with Crippen LogP contribution in [0.4, 0.5) is 0 Å². The summed E-state index contributed by atoms with van der Waals surface area (Å²) in [5.74, 6) is -0.475. The number of rotatable bonds is 59. The summed E-state index contributed by atoms with van der Waals surface area (Å²) in [7, 11) is 0. The zero-order valence-electron chi connectivity index (χ0n) is 48.1. The molecule has 420 valence electrons. The number of nitrogens with one attached hydrogen (secondary N) is 1. The first kappa shape index (κ1) is 69.3. The SMILES string of the molecule is CCCCCCCCC/C=C/C=C/CCCCCC(CC(=O)NC(CO)C(O)CCCCCCCCCCCCCCCCCCC)OC(=O)CCCCCCCCCCCCCCCCCCCCC. The van der Waals surface area contributed by atoms with Crippen LogP contribution in [0.15, 0.2) is 24.3 Å². The Morgan fingerprint density at radius 1 is 0.408 bits per heavy atom. The molecule has 71 heavy (non-hydrogen) atoms. The molecular formula is C65H125NO5. The van der Waals surface area contributed by atoms with E-state index >= 15 is 0 Å². The largest absolute Gasteiger partial charge is 0.462 e. The molecule has 1 amide bonds. The number of hydrogen-bond donors (Lipinski definition) is 3. The Bertz CT molecular complexity index is 1120. The first-order chi connectivity index (χ1) is 35.0. The van der Waals surface area contributed by atoms with Crippen molar-refractivity contribution >= 4 is 11.9 Å². The number of allylic oxidation sites excluding steroid dienone is 4. The molecule has 0 heterocycles. The van der Waals surface area contributed by atoms with E-state index in [1.54, 1.807) is 0 Å². The number of aliphatic hydroxyl groups excluding tert-OH is 2. The smallest absolute Gasteiger partial charge is 0.306 e. The third-order valence-electron chi connectivity index (χ3n) is 15.1. The Labute approximate surface area is 443 Å². The van der Waals surface area contributed by atoms with Gasteiger partial charge in [-0.25, -0.2) is 0 Å². The number of amides is 1. The quantitative estimate of drug-likeness (QED) is 0.0320. The van der Waals surface area contributed by atoms with Crippen LogP contribution in [0.25, 0.3) is 0 Å². The minimum Gasteiger partial charge on any atom is -0.462 e. The highest BCUT2D eigenvalue weighted by Crippen LogP contribution is 2.19. The lowest BCUT2D eigenvalue weighted by atomic mass is 10.0. The fraction of sp³-hybridized carbons (Fsp3) is 0.908. The molecule has 6 nitrogen and oxygen atoms in total. The van der Waals surface area contributed by atoms with Crippen molar-refractivity contribution in [1.82, 2.24) is 5.32 Å². The van der Waals surface area contributed by atoms with Crippen LogP contribution >= 0.6 is 0 Å². The second-order valence-corrected chi connectivity index (χ2v) is 22.2. The van der Waals surface area contributed by atoms with Gasteiger partial charge in [0.25, 0.3) is 0 Å². The van der Waals surface area contributed by atoms with Gasteiger partial charge in [-0.3, -0.25) is 9.59 Å². The topological polar surface area (TPSA) is 95.9 Å². The first-order valence-corrected chi connectivity index (χ1v) is 32.1. The molecule has 0 aromatic carbocycles. The minimum atomic E-state index is -0.793. The van der Waals surface area contributed by atoms with E-state index in [0.29, 0.717) is 19.3 Å². The molecule has 3 unspecified atom stereocenters. The molecule has 3 N–H and O–H groups in total. The monoisotopic (exact) mass is 1000 g/mol. The number of hydrogen-bond acceptors (Lipinski definition) is 5. The van der Waals surface area contributed by atoms with E-state index < -0.39 is 18.2 Å². The van der Waals surface area contributed by atoms with Crippen LogP contribution in [0.2, 0.25) is 0 Å². The van der Waals surface area contributed by atoms with Gasteiger partial charge in [-0.15, -0.1) is 0 Å². The van der Waals surface area contributed by atoms with Gasteiger partial charge in [-0.05, 0) is 51.4 Å². The zero-order chi connectivity index (χ0) is 51.6. The molecule has 6 heteroatoms. The average molecular weight is 1000 g/mol. The van der Waals surface area contributed by atoms with E-state index in [0.717, 1.165) is 64.2 Å². The second kappa shape index (κ2) is 59.2. The zero-order valence-corrected chi connectivity index (χ0v) is 48.1. The summed E-state index contributed by atoms with van der Waals surface area (Å²) in [6.45, 7) is 6.53. The number of carbonyl (C=O) groups excluding carboxylic acids is 2. The number of esters is 1. The van der Waals surface area contributed by atoms with Gasteiger partial charge >= 0.3 is 5.97 Å². The number of aliphatic hydroxyl groups is 2. The Hall–Kier alpha value is -1.66. The van der Waals surface area contributed by atoms with E-state index in [-0.39, 0.29) is 24.9 Å². The van der Waals surface area contributed by atoms with Crippen molar-refractivity contribution in [2.75, 3.05) is 6.61 Å². The summed E-state index contributed by atoms with van der Waals surface area (Å²) in [6, 6.07) is -0.708. The lowest BCUT2D eigenvalue weighted by molar-refractivity contribution is -0.151. The molecule has 0 aromatic rings. The summed E-state index contributed by atoms with van der Waals surface area (Å²) >= 11 is 0. The normalized spacial score (nSPS) is 13.1. The number of unbranched alkanes of at least 4 members (excludes halogenated alkanes) is 44. The van der Waals surface area contributed by atoms with Crippen molar-refractivity contribution in [3.8, 4) is 0 Å². The van der Waals surface area contributed by atoms with Crippen LogP contribution in [-0.2, 0) is 14.3 Å². The third kappa shape index (κ3) is 54.4. The van der Waals surface area contributed by atoms with Gasteiger partial charge in [-0.1, -0.05) is 315 Å². The summed E-state index contributed by atoms with van der Waals surface area (Å²) in [5, 5.41) is 24.0. The molecule has 0 aromatic heterocycles. The first-order valence-electron chi connectivity index (χ1n) is 32.1. The number of carbonyl (C=O) groups is 2. The third-order valence-corrected chi connectivity index (χ3v) is 15.1. The van der Waals surface area contributed by atoms with Gasteiger partial charge in [0.1, 0.15) is 6.10 Å². The van der Waals surface area contributed by atoms with E-state index in [4.69, 9.17) is 4.74 Å². The van der Waals surface area contributed by atoms with Gasteiger partial charge in [-0.2, -0.15) is 0 Å². The van der Waals surface area contributed by atoms with Gasteiger partial charge in [0.2, 0.25) is 5.91 Å². The highest BCUT2D eigenvalue weighted by atomic mass is 16.5.